The summed E-state index contributed by atoms with van der Waals surface area (Å²) in [6.07, 6.45) is -15.6. The van der Waals surface area contributed by atoms with Gasteiger partial charge in [-0.05, 0) is 72.1 Å². The van der Waals surface area contributed by atoms with Crippen molar-refractivity contribution in [3.8, 4) is 28.4 Å². The molecule has 0 aliphatic carbocycles. The van der Waals surface area contributed by atoms with Crippen LogP contribution in [0.15, 0.2) is 84.9 Å². The molecule has 2 N–H and O–H groups in total. The molecule has 0 aliphatic heterocycles. The molecule has 0 heterocycles. The van der Waals surface area contributed by atoms with Gasteiger partial charge in [-0.1, -0.05) is 36.4 Å². The molecule has 1 unspecified atom stereocenters. The van der Waals surface area contributed by atoms with E-state index in [0.717, 1.165) is 43.3 Å². The zero-order chi connectivity index (χ0) is 33.4. The van der Waals surface area contributed by atoms with Crippen molar-refractivity contribution < 1.29 is 63.3 Å². The lowest BCUT2D eigenvalue weighted by Crippen LogP contribution is -2.45. The molecule has 0 aliphatic rings. The lowest BCUT2D eigenvalue weighted by Gasteiger charge is -2.35. The number of phenolic OH excluding ortho intramolecular Hbond substituents is 1. The first-order valence-corrected chi connectivity index (χ1v) is 12.5. The van der Waals surface area contributed by atoms with E-state index in [1.54, 1.807) is 0 Å². The number of phenols is 1. The van der Waals surface area contributed by atoms with Gasteiger partial charge in [-0.2, -0.15) is 13.2 Å². The number of aromatic hydroxyl groups is 1. The number of amides is 1. The maximum atomic E-state index is 13.9. The molecule has 238 valence electrons. The molecule has 4 aromatic rings. The third-order valence-electron chi connectivity index (χ3n) is 6.47. The Kier molecular flexibility index (Phi) is 8.68. The van der Waals surface area contributed by atoms with E-state index in [2.05, 4.69) is 14.8 Å². The van der Waals surface area contributed by atoms with Crippen LogP contribution in [0.25, 0.3) is 11.1 Å². The number of halogens is 10. The van der Waals surface area contributed by atoms with Crippen LogP contribution in [-0.4, -0.2) is 23.7 Å². The molecule has 0 fully saturated rings. The Hall–Kier alpha value is -4.95. The van der Waals surface area contributed by atoms with Crippen LogP contribution in [0.2, 0.25) is 0 Å². The van der Waals surface area contributed by atoms with Gasteiger partial charge in [0.1, 0.15) is 23.1 Å². The number of benzene rings is 4. The van der Waals surface area contributed by atoms with E-state index in [-0.39, 0.29) is 22.8 Å². The molecule has 0 aromatic heterocycles. The second kappa shape index (κ2) is 11.9. The molecule has 45 heavy (non-hydrogen) atoms. The Labute approximate surface area is 247 Å². The smallest absolute Gasteiger partial charge is 0.508 e. The van der Waals surface area contributed by atoms with Gasteiger partial charge in [-0.15, -0.1) is 26.3 Å². The minimum Gasteiger partial charge on any atom is -0.508 e. The highest BCUT2D eigenvalue weighted by molar-refractivity contribution is 5.95. The normalized spacial score (nSPS) is 13.6. The molecule has 4 aromatic carbocycles. The number of carbonyl (C=O) groups excluding carboxylic acids is 1. The number of hydrogen-bond donors (Lipinski definition) is 2. The van der Waals surface area contributed by atoms with Crippen molar-refractivity contribution in [1.82, 2.24) is 5.32 Å². The first-order valence-electron chi connectivity index (χ1n) is 12.5. The van der Waals surface area contributed by atoms with Gasteiger partial charge in [0, 0.05) is 11.1 Å². The van der Waals surface area contributed by atoms with Crippen molar-refractivity contribution in [3.05, 3.63) is 113 Å². The third kappa shape index (κ3) is 7.77. The van der Waals surface area contributed by atoms with Gasteiger partial charge in [0.2, 0.25) is 0 Å². The zero-order valence-electron chi connectivity index (χ0n) is 22.5. The fourth-order valence-electron chi connectivity index (χ4n) is 4.60. The van der Waals surface area contributed by atoms with E-state index < -0.39 is 70.1 Å². The molecular formula is C30H19F10NO4. The van der Waals surface area contributed by atoms with Crippen LogP contribution < -0.4 is 14.8 Å². The van der Waals surface area contributed by atoms with E-state index in [9.17, 15) is 53.8 Å². The summed E-state index contributed by atoms with van der Waals surface area (Å²) in [6, 6.07) is 13.2. The topological polar surface area (TPSA) is 67.8 Å². The summed E-state index contributed by atoms with van der Waals surface area (Å²) in [6.45, 7) is 1.16. The van der Waals surface area contributed by atoms with Gasteiger partial charge < -0.3 is 19.9 Å². The van der Waals surface area contributed by atoms with Gasteiger partial charge in [0.25, 0.3) is 5.91 Å². The highest BCUT2D eigenvalue weighted by atomic mass is 19.4. The number of nitrogens with one attached hydrogen (secondary N) is 1. The Morgan fingerprint density at radius 1 is 0.733 bits per heavy atom. The lowest BCUT2D eigenvalue weighted by molar-refractivity contribution is -0.275. The predicted octanol–water partition coefficient (Wildman–Crippen LogP) is 8.71. The number of hydrogen-bond acceptors (Lipinski definition) is 4. The van der Waals surface area contributed by atoms with E-state index in [0.29, 0.717) is 12.1 Å². The molecule has 1 amide bonds. The number of rotatable bonds is 7. The Morgan fingerprint density at radius 3 is 2.00 bits per heavy atom. The molecule has 0 radical (unpaired) electrons. The standard InChI is InChI=1S/C30H19F10NO4/c1-27(18-6-3-8-20(15-18)44-29(35,36)37,41-26(43)17-11-12-23(31)22(14-17)28(32,33)34)21-9-4-10-24(45-30(38,39)40)25(21)16-5-2-7-19(42)13-16/h2-15,42H,1H3,(H,41,43). The zero-order valence-corrected chi connectivity index (χ0v) is 22.5. The van der Waals surface area contributed by atoms with Crippen molar-refractivity contribution in [2.45, 2.75) is 31.4 Å². The molecule has 1 atom stereocenters. The molecule has 5 nitrogen and oxygen atoms in total. The Morgan fingerprint density at radius 2 is 1.38 bits per heavy atom. The summed E-state index contributed by atoms with van der Waals surface area (Å²) < 4.78 is 142. The van der Waals surface area contributed by atoms with Crippen molar-refractivity contribution >= 4 is 5.91 Å². The third-order valence-corrected chi connectivity index (χ3v) is 6.47. The van der Waals surface area contributed by atoms with Crippen LogP contribution in [0, 0.1) is 5.82 Å². The van der Waals surface area contributed by atoms with E-state index in [1.807, 2.05) is 0 Å². The van der Waals surface area contributed by atoms with E-state index in [1.165, 1.54) is 30.3 Å². The van der Waals surface area contributed by atoms with Crippen LogP contribution in [0.1, 0.15) is 34.0 Å². The molecule has 4 rings (SSSR count). The van der Waals surface area contributed by atoms with Crippen molar-refractivity contribution in [1.29, 1.82) is 0 Å². The number of alkyl halides is 9. The minimum atomic E-state index is -5.26. The quantitative estimate of drug-likeness (QED) is 0.197. The van der Waals surface area contributed by atoms with E-state index >= 15 is 0 Å². The highest BCUT2D eigenvalue weighted by Crippen LogP contribution is 2.45. The van der Waals surface area contributed by atoms with Crippen molar-refractivity contribution in [2.75, 3.05) is 0 Å². The highest BCUT2D eigenvalue weighted by Gasteiger charge is 2.40. The largest absolute Gasteiger partial charge is 0.573 e. The van der Waals surface area contributed by atoms with Crippen molar-refractivity contribution in [3.63, 3.8) is 0 Å². The summed E-state index contributed by atoms with van der Waals surface area (Å²) in [4.78, 5) is 13.5. The molecule has 0 saturated carbocycles. The average Bonchev–Trinajstić information content (AvgIpc) is 2.90. The number of carbonyl (C=O) groups is 1. The summed E-state index contributed by atoms with van der Waals surface area (Å²) in [5.74, 6) is -5.06. The second-order valence-corrected chi connectivity index (χ2v) is 9.62. The molecule has 0 saturated heterocycles. The summed E-state index contributed by atoms with van der Waals surface area (Å²) >= 11 is 0. The Balaban J connectivity index is 2.00. The van der Waals surface area contributed by atoms with E-state index in [4.69, 9.17) is 0 Å². The SMILES string of the molecule is CC(NC(=O)c1ccc(F)c(C(F)(F)F)c1)(c1cccc(OC(F)(F)F)c1)c1cccc(OC(F)(F)F)c1-c1cccc(O)c1. The van der Waals surface area contributed by atoms with Crippen LogP contribution in [0.3, 0.4) is 0 Å². The summed E-state index contributed by atoms with van der Waals surface area (Å²) in [7, 11) is 0. The van der Waals surface area contributed by atoms with Crippen LogP contribution in [0.4, 0.5) is 43.9 Å². The van der Waals surface area contributed by atoms with Crippen molar-refractivity contribution in [2.24, 2.45) is 0 Å². The second-order valence-electron chi connectivity index (χ2n) is 9.62. The van der Waals surface area contributed by atoms with Gasteiger partial charge in [0.15, 0.2) is 0 Å². The molecular weight excluding hydrogens is 628 g/mol. The molecule has 15 heteroatoms. The first kappa shape index (κ1) is 33.0. The minimum absolute atomic E-state index is 0.103. The Bertz CT molecular complexity index is 1720. The predicted molar refractivity (Wildman–Crippen MR) is 139 cm³/mol. The lowest BCUT2D eigenvalue weighted by atomic mass is 9.79. The summed E-state index contributed by atoms with van der Waals surface area (Å²) in [5.41, 5.74) is -5.68. The van der Waals surface area contributed by atoms with Gasteiger partial charge in [0.05, 0.1) is 11.1 Å². The average molecular weight is 647 g/mol. The molecule has 0 bridgehead atoms. The van der Waals surface area contributed by atoms with Gasteiger partial charge >= 0.3 is 18.9 Å². The maximum absolute atomic E-state index is 13.9. The summed E-state index contributed by atoms with van der Waals surface area (Å²) in [5, 5.41) is 12.5. The number of ether oxygens (including phenoxy) is 2. The van der Waals surface area contributed by atoms with Crippen LogP contribution in [-0.2, 0) is 11.7 Å². The maximum Gasteiger partial charge on any atom is 0.573 e. The van der Waals surface area contributed by atoms with Gasteiger partial charge in [-0.3, -0.25) is 4.79 Å². The first-order chi connectivity index (χ1) is 20.8. The fraction of sp³-hybridized carbons (Fsp3) is 0.167. The fourth-order valence-corrected chi connectivity index (χ4v) is 4.60. The van der Waals surface area contributed by atoms with Crippen LogP contribution >= 0.6 is 0 Å². The van der Waals surface area contributed by atoms with Gasteiger partial charge in [-0.25, -0.2) is 4.39 Å². The van der Waals surface area contributed by atoms with Crippen LogP contribution in [0.5, 0.6) is 17.2 Å². The monoisotopic (exact) mass is 647 g/mol. The molecule has 0 spiro atoms.